The Morgan fingerprint density at radius 1 is 1.40 bits per heavy atom. The number of hydrogen-bond donors (Lipinski definition) is 0. The lowest BCUT2D eigenvalue weighted by Gasteiger charge is -2.33. The molecule has 1 saturated heterocycles. The molecule has 86 valence electrons. The summed E-state index contributed by atoms with van der Waals surface area (Å²) in [6, 6.07) is 0. The minimum Gasteiger partial charge on any atom is -0.444 e. The molecule has 0 atom stereocenters. The van der Waals surface area contributed by atoms with Crippen molar-refractivity contribution in [3.63, 3.8) is 0 Å². The average Bonchev–Trinajstić information content (AvgIpc) is 2.15. The van der Waals surface area contributed by atoms with Gasteiger partial charge in [-0.15, -0.1) is 0 Å². The van der Waals surface area contributed by atoms with E-state index in [1.165, 1.54) is 15.2 Å². The highest BCUT2D eigenvalue weighted by Crippen LogP contribution is 2.21. The van der Waals surface area contributed by atoms with E-state index in [0.717, 1.165) is 31.2 Å². The number of carbonyl (C=O) groups excluding carboxylic acids is 1. The predicted molar refractivity (Wildman–Crippen MR) is 67.0 cm³/mol. The summed E-state index contributed by atoms with van der Waals surface area (Å²) in [6.45, 7) is 7.44. The number of amides is 1. The summed E-state index contributed by atoms with van der Waals surface area (Å²) >= 11 is 1.20. The molecule has 0 spiro atoms. The molecule has 15 heavy (non-hydrogen) atoms. The van der Waals surface area contributed by atoms with Crippen molar-refractivity contribution < 1.29 is 9.53 Å². The van der Waals surface area contributed by atoms with Crippen LogP contribution in [0.2, 0.25) is 0 Å². The Bertz CT molecular complexity index is 222. The SMILES string of the molecule is CC(C)(C)OC(=O)N1CCC([S][AlH2])CC1. The molecule has 0 unspecified atom stereocenters. The largest absolute Gasteiger partial charge is 0.444 e. The Morgan fingerprint density at radius 3 is 2.33 bits per heavy atom. The summed E-state index contributed by atoms with van der Waals surface area (Å²) < 4.78 is 5.33. The molecule has 0 aromatic carbocycles. The molecule has 1 aliphatic rings. The van der Waals surface area contributed by atoms with E-state index in [1.54, 1.807) is 0 Å². The topological polar surface area (TPSA) is 29.5 Å². The molecule has 0 aromatic heterocycles. The van der Waals surface area contributed by atoms with Crippen molar-refractivity contribution in [2.45, 2.75) is 44.5 Å². The molecular formula is C10H20AlNO2S. The molecule has 0 bridgehead atoms. The summed E-state index contributed by atoms with van der Waals surface area (Å²) in [5, 5.41) is 0.773. The first kappa shape index (κ1) is 13.2. The third-order valence-corrected chi connectivity index (χ3v) is 5.57. The summed E-state index contributed by atoms with van der Waals surface area (Å²) in [7, 11) is 2.03. The van der Waals surface area contributed by atoms with Gasteiger partial charge in [-0.3, -0.25) is 10.1 Å². The van der Waals surface area contributed by atoms with Crippen molar-refractivity contribution in [2.75, 3.05) is 13.1 Å². The summed E-state index contributed by atoms with van der Waals surface area (Å²) in [6.07, 6.45) is 2.08. The summed E-state index contributed by atoms with van der Waals surface area (Å²) in [5.41, 5.74) is -0.375. The minimum atomic E-state index is -0.375. The first-order valence-corrected chi connectivity index (χ1v) is 9.17. The van der Waals surface area contributed by atoms with Gasteiger partial charge in [0, 0.05) is 13.1 Å². The van der Waals surface area contributed by atoms with Crippen LogP contribution in [0.5, 0.6) is 0 Å². The molecule has 0 radical (unpaired) electrons. The lowest BCUT2D eigenvalue weighted by molar-refractivity contribution is 0.0219. The van der Waals surface area contributed by atoms with E-state index in [-0.39, 0.29) is 11.7 Å². The van der Waals surface area contributed by atoms with Crippen molar-refractivity contribution in [1.82, 2.24) is 4.90 Å². The maximum atomic E-state index is 11.7. The first-order valence-electron chi connectivity index (χ1n) is 5.43. The zero-order valence-corrected chi connectivity index (χ0v) is 12.9. The Hall–Kier alpha value is 0.152. The van der Waals surface area contributed by atoms with Gasteiger partial charge in [-0.25, -0.2) is 4.79 Å². The van der Waals surface area contributed by atoms with Gasteiger partial charge in [-0.1, -0.05) is 0 Å². The zero-order chi connectivity index (χ0) is 11.5. The lowest BCUT2D eigenvalue weighted by Crippen LogP contribution is -2.42. The van der Waals surface area contributed by atoms with Crippen LogP contribution in [-0.2, 0) is 4.74 Å². The van der Waals surface area contributed by atoms with Gasteiger partial charge in [0.25, 0.3) is 0 Å². The molecule has 1 heterocycles. The summed E-state index contributed by atoms with van der Waals surface area (Å²) in [4.78, 5) is 13.5. The van der Waals surface area contributed by atoms with Crippen molar-refractivity contribution in [2.24, 2.45) is 0 Å². The lowest BCUT2D eigenvalue weighted by atomic mass is 10.1. The zero-order valence-electron chi connectivity index (χ0n) is 10.1. The number of piperidine rings is 1. The third-order valence-electron chi connectivity index (χ3n) is 2.43. The molecule has 1 aliphatic heterocycles. The monoisotopic (exact) mass is 245 g/mol. The van der Waals surface area contributed by atoms with E-state index in [9.17, 15) is 4.79 Å². The predicted octanol–water partition coefficient (Wildman–Crippen LogP) is 1.67. The molecule has 3 nitrogen and oxygen atoms in total. The standard InChI is InChI=1S/C10H19NO2S.Al.2H/c1-10(2,3)13-9(12)11-6-4-8(14)5-7-11;;;/h8,14H,4-7H2,1-3H3;;;/q;+1;;/p-1. The normalized spacial score (nSPS) is 19.0. The number of hydrogen-bond acceptors (Lipinski definition) is 3. The van der Waals surface area contributed by atoms with Gasteiger partial charge in [0.15, 0.2) is 0 Å². The van der Waals surface area contributed by atoms with Gasteiger partial charge in [0.05, 0.1) is 0 Å². The van der Waals surface area contributed by atoms with Crippen molar-refractivity contribution in [3.05, 3.63) is 0 Å². The quantitative estimate of drug-likeness (QED) is 0.658. The minimum absolute atomic E-state index is 0.153. The number of ether oxygens (including phenoxy) is 1. The van der Waals surface area contributed by atoms with Gasteiger partial charge in [-0.05, 0) is 38.9 Å². The highest BCUT2D eigenvalue weighted by Gasteiger charge is 2.25. The van der Waals surface area contributed by atoms with Crippen LogP contribution in [-0.4, -0.2) is 50.1 Å². The second kappa shape index (κ2) is 5.47. The summed E-state index contributed by atoms with van der Waals surface area (Å²) in [5.74, 6) is 0. The molecule has 1 amide bonds. The van der Waals surface area contributed by atoms with Gasteiger partial charge < -0.3 is 9.64 Å². The van der Waals surface area contributed by atoms with Crippen LogP contribution >= 0.6 is 10.1 Å². The number of rotatable bonds is 1. The van der Waals surface area contributed by atoms with E-state index in [2.05, 4.69) is 0 Å². The van der Waals surface area contributed by atoms with Gasteiger partial charge in [-0.2, -0.15) is 0 Å². The Balaban J connectivity index is 2.37. The number of likely N-dealkylation sites (tertiary alicyclic amines) is 1. The first-order chi connectivity index (χ1) is 6.92. The fourth-order valence-corrected chi connectivity index (χ4v) is 3.70. The van der Waals surface area contributed by atoms with Crippen LogP contribution in [0.1, 0.15) is 33.6 Å². The maximum Gasteiger partial charge on any atom is 0.410 e. The smallest absolute Gasteiger partial charge is 0.410 e. The Kier molecular flexibility index (Phi) is 4.82. The molecule has 1 fully saturated rings. The van der Waals surface area contributed by atoms with Crippen molar-refractivity contribution >= 4 is 31.4 Å². The molecule has 0 N–H and O–H groups in total. The van der Waals surface area contributed by atoms with Gasteiger partial charge in [0.2, 0.25) is 0 Å². The van der Waals surface area contributed by atoms with E-state index < -0.39 is 0 Å². The molecule has 0 aromatic rings. The van der Waals surface area contributed by atoms with Crippen LogP contribution in [0.4, 0.5) is 4.79 Å². The number of nitrogens with zero attached hydrogens (tertiary/aromatic N) is 1. The molecule has 0 saturated carbocycles. The van der Waals surface area contributed by atoms with E-state index >= 15 is 0 Å². The van der Waals surface area contributed by atoms with E-state index in [0.29, 0.717) is 0 Å². The van der Waals surface area contributed by atoms with Crippen LogP contribution in [0.25, 0.3) is 0 Å². The van der Waals surface area contributed by atoms with E-state index in [4.69, 9.17) is 4.74 Å². The second-order valence-electron chi connectivity index (χ2n) is 4.90. The fourth-order valence-electron chi connectivity index (χ4n) is 1.60. The highest BCUT2D eigenvalue weighted by molar-refractivity contribution is 8.20. The third kappa shape index (κ3) is 4.67. The maximum absolute atomic E-state index is 11.7. The van der Waals surface area contributed by atoms with Crippen LogP contribution in [0.3, 0.4) is 0 Å². The molecule has 0 aliphatic carbocycles. The van der Waals surface area contributed by atoms with Crippen LogP contribution in [0, 0.1) is 0 Å². The van der Waals surface area contributed by atoms with Gasteiger partial charge >= 0.3 is 21.3 Å². The Morgan fingerprint density at radius 2 is 1.93 bits per heavy atom. The molecule has 1 rings (SSSR count). The fraction of sp³-hybridized carbons (Fsp3) is 0.900. The molecular weight excluding hydrogens is 225 g/mol. The molecule has 5 heteroatoms. The van der Waals surface area contributed by atoms with E-state index in [1.807, 2.05) is 35.8 Å². The van der Waals surface area contributed by atoms with Crippen LogP contribution in [0.15, 0.2) is 0 Å². The average molecular weight is 245 g/mol. The second-order valence-corrected chi connectivity index (χ2v) is 7.45. The Labute approximate surface area is 103 Å². The van der Waals surface area contributed by atoms with Crippen LogP contribution < -0.4 is 0 Å². The highest BCUT2D eigenvalue weighted by atomic mass is 32.3. The number of carbonyl (C=O) groups is 1. The van der Waals surface area contributed by atoms with Crippen molar-refractivity contribution in [3.8, 4) is 0 Å². The van der Waals surface area contributed by atoms with Crippen molar-refractivity contribution in [1.29, 1.82) is 0 Å². The van der Waals surface area contributed by atoms with Gasteiger partial charge in [0.1, 0.15) is 5.60 Å².